The molecule has 4 bridgehead atoms. The molecular weight excluding hydrogens is 272 g/mol. The highest BCUT2D eigenvalue weighted by Gasteiger charge is 2.87. The summed E-state index contributed by atoms with van der Waals surface area (Å²) in [6.07, 6.45) is 6.89. The van der Waals surface area contributed by atoms with Gasteiger partial charge in [-0.1, -0.05) is 34.1 Å². The Balaban J connectivity index is 1.65. The van der Waals surface area contributed by atoms with Crippen molar-refractivity contribution in [3.8, 4) is 0 Å². The number of carbonyl (C=O) groups excluding carboxylic acids is 2. The monoisotopic (exact) mass is 300 g/mol. The third-order valence-electron chi connectivity index (χ3n) is 9.31. The van der Waals surface area contributed by atoms with E-state index in [0.29, 0.717) is 34.7 Å². The van der Waals surface area contributed by atoms with Crippen LogP contribution in [0.2, 0.25) is 0 Å². The molecular formula is C20H28O2. The molecule has 6 aliphatic rings. The first-order valence-electron chi connectivity index (χ1n) is 9.30. The van der Waals surface area contributed by atoms with Crippen molar-refractivity contribution in [2.45, 2.75) is 66.2 Å². The first-order valence-corrected chi connectivity index (χ1v) is 9.30. The van der Waals surface area contributed by atoms with Crippen molar-refractivity contribution in [2.24, 2.45) is 45.3 Å². The Labute approximate surface area is 133 Å². The summed E-state index contributed by atoms with van der Waals surface area (Å²) in [6, 6.07) is 0. The fourth-order valence-corrected chi connectivity index (χ4v) is 8.32. The molecule has 6 saturated carbocycles. The van der Waals surface area contributed by atoms with Gasteiger partial charge in [-0.2, -0.15) is 0 Å². The van der Waals surface area contributed by atoms with Gasteiger partial charge in [0, 0.05) is 11.3 Å². The van der Waals surface area contributed by atoms with Crippen LogP contribution in [0.1, 0.15) is 66.2 Å². The second-order valence-corrected chi connectivity index (χ2v) is 10.3. The van der Waals surface area contributed by atoms with Gasteiger partial charge in [-0.05, 0) is 60.7 Å². The third-order valence-corrected chi connectivity index (χ3v) is 9.31. The SMILES string of the molecule is CC1(C)CCC[C@]2(C)[C@@H]1CC[C@@]13C(=O)C4[C@H](C[C@H]12)[C@@]4(C)C3=O. The smallest absolute Gasteiger partial charge is 0.153 e. The summed E-state index contributed by atoms with van der Waals surface area (Å²) in [7, 11) is 0. The average Bonchev–Trinajstić information content (AvgIpc) is 3.01. The Bertz CT molecular complexity index is 619. The molecule has 0 amide bonds. The summed E-state index contributed by atoms with van der Waals surface area (Å²) in [5, 5.41) is 0. The predicted molar refractivity (Wildman–Crippen MR) is 84.1 cm³/mol. The van der Waals surface area contributed by atoms with E-state index in [2.05, 4.69) is 27.7 Å². The lowest BCUT2D eigenvalue weighted by Gasteiger charge is -2.63. The molecule has 0 radical (unpaired) electrons. The highest BCUT2D eigenvalue weighted by Crippen LogP contribution is 2.82. The molecule has 0 aromatic carbocycles. The zero-order chi connectivity index (χ0) is 15.7. The van der Waals surface area contributed by atoms with Crippen molar-refractivity contribution in [1.29, 1.82) is 0 Å². The average molecular weight is 300 g/mol. The van der Waals surface area contributed by atoms with Gasteiger partial charge in [0.25, 0.3) is 0 Å². The van der Waals surface area contributed by atoms with Crippen molar-refractivity contribution in [2.75, 3.05) is 0 Å². The van der Waals surface area contributed by atoms with Gasteiger partial charge >= 0.3 is 0 Å². The number of fused-ring (bicyclic) bond motifs is 1. The molecule has 6 aliphatic carbocycles. The quantitative estimate of drug-likeness (QED) is 0.633. The van der Waals surface area contributed by atoms with Gasteiger partial charge in [-0.25, -0.2) is 0 Å². The Morgan fingerprint density at radius 1 is 0.955 bits per heavy atom. The maximum absolute atomic E-state index is 13.3. The second-order valence-electron chi connectivity index (χ2n) is 10.3. The molecule has 0 aromatic rings. The van der Waals surface area contributed by atoms with Crippen LogP contribution in [0.15, 0.2) is 0 Å². The summed E-state index contributed by atoms with van der Waals surface area (Å²) in [4.78, 5) is 26.4. The van der Waals surface area contributed by atoms with Crippen LogP contribution in [-0.4, -0.2) is 11.6 Å². The number of rotatable bonds is 0. The van der Waals surface area contributed by atoms with Crippen LogP contribution in [-0.2, 0) is 9.59 Å². The van der Waals surface area contributed by atoms with Gasteiger partial charge in [0.15, 0.2) is 11.6 Å². The van der Waals surface area contributed by atoms with E-state index < -0.39 is 5.41 Å². The first kappa shape index (κ1) is 13.7. The number of hydrogen-bond acceptors (Lipinski definition) is 2. The van der Waals surface area contributed by atoms with Crippen LogP contribution in [0, 0.1) is 45.3 Å². The van der Waals surface area contributed by atoms with Gasteiger partial charge in [0.1, 0.15) is 0 Å². The van der Waals surface area contributed by atoms with E-state index >= 15 is 0 Å². The predicted octanol–water partition coefficient (Wildman–Crippen LogP) is 4.02. The number of ketones is 2. The van der Waals surface area contributed by atoms with Crippen LogP contribution in [0.25, 0.3) is 0 Å². The van der Waals surface area contributed by atoms with Crippen LogP contribution in [0.5, 0.6) is 0 Å². The van der Waals surface area contributed by atoms with Crippen molar-refractivity contribution in [1.82, 2.24) is 0 Å². The molecule has 0 aliphatic heterocycles. The lowest BCUT2D eigenvalue weighted by molar-refractivity contribution is -0.179. The van der Waals surface area contributed by atoms with E-state index in [1.165, 1.54) is 19.3 Å². The van der Waals surface area contributed by atoms with Gasteiger partial charge in [0.05, 0.1) is 5.41 Å². The maximum Gasteiger partial charge on any atom is 0.153 e. The summed E-state index contributed by atoms with van der Waals surface area (Å²) >= 11 is 0. The van der Waals surface area contributed by atoms with Crippen molar-refractivity contribution >= 4 is 11.6 Å². The fraction of sp³-hybridized carbons (Fsp3) is 0.900. The number of hydrogen-bond donors (Lipinski definition) is 0. The molecule has 2 heteroatoms. The van der Waals surface area contributed by atoms with Gasteiger partial charge < -0.3 is 0 Å². The normalized spacial score (nSPS) is 60.7. The summed E-state index contributed by atoms with van der Waals surface area (Å²) in [5.41, 5.74) is -0.234. The maximum atomic E-state index is 13.3. The number of carbonyl (C=O) groups is 2. The minimum absolute atomic E-state index is 0.105. The molecule has 7 atom stereocenters. The molecule has 0 aromatic heterocycles. The summed E-state index contributed by atoms with van der Waals surface area (Å²) in [6.45, 7) is 9.37. The second kappa shape index (κ2) is 3.39. The van der Waals surface area contributed by atoms with Crippen LogP contribution in [0.3, 0.4) is 0 Å². The zero-order valence-corrected chi connectivity index (χ0v) is 14.4. The molecule has 120 valence electrons. The largest absolute Gasteiger partial charge is 0.298 e. The van der Waals surface area contributed by atoms with Crippen molar-refractivity contribution in [3.05, 3.63) is 0 Å². The van der Waals surface area contributed by atoms with E-state index in [1.54, 1.807) is 0 Å². The highest BCUT2D eigenvalue weighted by molar-refractivity contribution is 6.22. The number of Topliss-reactive ketones (excluding diaryl/α,β-unsaturated/α-hetero) is 2. The van der Waals surface area contributed by atoms with Gasteiger partial charge in [0.2, 0.25) is 0 Å². The van der Waals surface area contributed by atoms with Crippen LogP contribution >= 0.6 is 0 Å². The van der Waals surface area contributed by atoms with E-state index in [9.17, 15) is 9.59 Å². The van der Waals surface area contributed by atoms with Gasteiger partial charge in [-0.3, -0.25) is 9.59 Å². The molecule has 0 saturated heterocycles. The molecule has 22 heavy (non-hydrogen) atoms. The molecule has 0 N–H and O–H groups in total. The molecule has 6 fully saturated rings. The van der Waals surface area contributed by atoms with E-state index in [1.807, 2.05) is 0 Å². The van der Waals surface area contributed by atoms with Crippen molar-refractivity contribution in [3.63, 3.8) is 0 Å². The third kappa shape index (κ3) is 1.09. The minimum Gasteiger partial charge on any atom is -0.298 e. The topological polar surface area (TPSA) is 34.1 Å². The first-order chi connectivity index (χ1) is 10.2. The van der Waals surface area contributed by atoms with Crippen molar-refractivity contribution < 1.29 is 9.59 Å². The molecule has 0 heterocycles. The summed E-state index contributed by atoms with van der Waals surface area (Å²) in [5.74, 6) is 2.25. The van der Waals surface area contributed by atoms with Crippen LogP contribution < -0.4 is 0 Å². The molecule has 1 spiro atoms. The Kier molecular flexibility index (Phi) is 2.12. The Hall–Kier alpha value is -0.660. The Morgan fingerprint density at radius 2 is 1.68 bits per heavy atom. The van der Waals surface area contributed by atoms with Gasteiger partial charge in [-0.15, -0.1) is 0 Å². The Morgan fingerprint density at radius 3 is 2.32 bits per heavy atom. The lowest BCUT2D eigenvalue weighted by Crippen LogP contribution is -2.62. The fourth-order valence-electron chi connectivity index (χ4n) is 8.32. The molecule has 6 rings (SSSR count). The standard InChI is InChI=1S/C20H28O2/c1-17(2)7-5-8-18(3)12(17)6-9-20-13(18)10-11-14(15(20)21)19(11,4)16(20)22/h11-14H,5-10H2,1-4H3/t11-,12+,13-,14?,18+,19+,20-/m0/s1. The minimum atomic E-state index is -0.563. The highest BCUT2D eigenvalue weighted by atomic mass is 16.2. The van der Waals surface area contributed by atoms with Crippen LogP contribution in [0.4, 0.5) is 0 Å². The lowest BCUT2D eigenvalue weighted by atomic mass is 9.39. The van der Waals surface area contributed by atoms with E-state index in [4.69, 9.17) is 0 Å². The summed E-state index contributed by atoms with van der Waals surface area (Å²) < 4.78 is 0. The molecule has 2 nitrogen and oxygen atoms in total. The van der Waals surface area contributed by atoms with E-state index in [-0.39, 0.29) is 16.7 Å². The molecule has 1 unspecified atom stereocenters. The zero-order valence-electron chi connectivity index (χ0n) is 14.4. The van der Waals surface area contributed by atoms with E-state index in [0.717, 1.165) is 19.3 Å².